The number of aromatic amines is 1. The smallest absolute Gasteiger partial charge is 0.243 e. The molecule has 0 aliphatic carbocycles. The molecule has 308 valence electrons. The van der Waals surface area contributed by atoms with Gasteiger partial charge in [0.1, 0.15) is 12.1 Å². The molecule has 2 aromatic carbocycles. The Kier molecular flexibility index (Phi) is 15.5. The molecule has 14 heteroatoms. The SMILES string of the molecule is CC(C)(C)c1cc(C(C)(C)C)c2[nH]c(C(C)(C)C)c(CC(NC(=O)C(N)CCCN=C(N)N)C(=O)NC(CCN=C(N)N)C(=O)NCCc3ccccc3)c2c1. The number of nitrogens with one attached hydrogen (secondary N) is 4. The van der Waals surface area contributed by atoms with Crippen molar-refractivity contribution in [2.24, 2.45) is 38.7 Å². The van der Waals surface area contributed by atoms with Gasteiger partial charge in [0.2, 0.25) is 17.7 Å². The minimum Gasteiger partial charge on any atom is -0.370 e. The predicted octanol–water partition coefficient (Wildman–Crippen LogP) is 2.98. The van der Waals surface area contributed by atoms with Crippen LogP contribution in [0.2, 0.25) is 0 Å². The molecule has 3 rings (SSSR count). The maximum absolute atomic E-state index is 14.5. The highest BCUT2D eigenvalue weighted by Gasteiger charge is 2.34. The van der Waals surface area contributed by atoms with Crippen molar-refractivity contribution in [1.29, 1.82) is 0 Å². The predicted molar refractivity (Wildman–Crippen MR) is 228 cm³/mol. The fourth-order valence-electron chi connectivity index (χ4n) is 6.53. The van der Waals surface area contributed by atoms with E-state index >= 15 is 0 Å². The highest BCUT2D eigenvalue weighted by Crippen LogP contribution is 2.40. The highest BCUT2D eigenvalue weighted by atomic mass is 16.2. The van der Waals surface area contributed by atoms with Gasteiger partial charge in [0.05, 0.1) is 6.04 Å². The zero-order valence-corrected chi connectivity index (χ0v) is 34.9. The van der Waals surface area contributed by atoms with Crippen molar-refractivity contribution in [3.63, 3.8) is 0 Å². The van der Waals surface area contributed by atoms with Crippen molar-refractivity contribution >= 4 is 40.5 Å². The Morgan fingerprint density at radius 2 is 1.34 bits per heavy atom. The molecule has 3 amide bonds. The summed E-state index contributed by atoms with van der Waals surface area (Å²) in [7, 11) is 0. The van der Waals surface area contributed by atoms with Crippen LogP contribution in [0.25, 0.3) is 10.9 Å². The van der Waals surface area contributed by atoms with E-state index in [0.717, 1.165) is 38.9 Å². The summed E-state index contributed by atoms with van der Waals surface area (Å²) in [5, 5.41) is 9.79. The number of nitrogens with two attached hydrogens (primary N) is 5. The van der Waals surface area contributed by atoms with Gasteiger partial charge in [-0.25, -0.2) is 0 Å². The lowest BCUT2D eigenvalue weighted by Gasteiger charge is -2.27. The van der Waals surface area contributed by atoms with E-state index in [9.17, 15) is 14.4 Å². The van der Waals surface area contributed by atoms with Crippen molar-refractivity contribution in [2.45, 2.75) is 129 Å². The van der Waals surface area contributed by atoms with Gasteiger partial charge in [-0.15, -0.1) is 0 Å². The third-order valence-corrected chi connectivity index (χ3v) is 9.69. The fourth-order valence-corrected chi connectivity index (χ4v) is 6.53. The molecular weight excluding hydrogens is 707 g/mol. The summed E-state index contributed by atoms with van der Waals surface area (Å²) in [6, 6.07) is 11.2. The Morgan fingerprint density at radius 1 is 0.732 bits per heavy atom. The summed E-state index contributed by atoms with van der Waals surface area (Å²) in [5.41, 5.74) is 33.9. The summed E-state index contributed by atoms with van der Waals surface area (Å²) in [5.74, 6) is -1.63. The highest BCUT2D eigenvalue weighted by molar-refractivity contribution is 5.95. The number of fused-ring (bicyclic) bond motifs is 1. The molecule has 0 spiro atoms. The first kappa shape index (κ1) is 45.3. The lowest BCUT2D eigenvalue weighted by Crippen LogP contribution is -2.56. The Hall–Kier alpha value is -5.11. The molecule has 0 bridgehead atoms. The van der Waals surface area contributed by atoms with Gasteiger partial charge in [-0.2, -0.15) is 0 Å². The average molecular weight is 774 g/mol. The molecule has 3 atom stereocenters. The van der Waals surface area contributed by atoms with Crippen LogP contribution in [0.5, 0.6) is 0 Å². The number of hydrogen-bond acceptors (Lipinski definition) is 6. The molecule has 0 saturated heterocycles. The second-order valence-corrected chi connectivity index (χ2v) is 17.7. The normalized spacial score (nSPS) is 13.7. The summed E-state index contributed by atoms with van der Waals surface area (Å²) in [6.45, 7) is 20.2. The second kappa shape index (κ2) is 19.2. The Balaban J connectivity index is 2.10. The third kappa shape index (κ3) is 13.3. The van der Waals surface area contributed by atoms with Crippen LogP contribution < -0.4 is 44.6 Å². The van der Waals surface area contributed by atoms with E-state index in [1.807, 2.05) is 30.3 Å². The van der Waals surface area contributed by atoms with Crippen LogP contribution in [0.15, 0.2) is 52.4 Å². The molecule has 0 fully saturated rings. The molecule has 0 radical (unpaired) electrons. The van der Waals surface area contributed by atoms with Gasteiger partial charge in [-0.3, -0.25) is 24.4 Å². The summed E-state index contributed by atoms with van der Waals surface area (Å²) < 4.78 is 0. The Labute approximate surface area is 332 Å². The van der Waals surface area contributed by atoms with Crippen molar-refractivity contribution in [3.8, 4) is 0 Å². The van der Waals surface area contributed by atoms with Gasteiger partial charge in [0.25, 0.3) is 0 Å². The van der Waals surface area contributed by atoms with Crippen LogP contribution >= 0.6 is 0 Å². The lowest BCUT2D eigenvalue weighted by molar-refractivity contribution is -0.132. The maximum Gasteiger partial charge on any atom is 0.243 e. The number of carbonyl (C=O) groups excluding carboxylic acids is 3. The number of rotatable bonds is 17. The van der Waals surface area contributed by atoms with E-state index < -0.39 is 35.8 Å². The first-order valence-corrected chi connectivity index (χ1v) is 19.5. The molecule has 0 aliphatic heterocycles. The van der Waals surface area contributed by atoms with Crippen LogP contribution in [-0.2, 0) is 43.5 Å². The summed E-state index contributed by atoms with van der Waals surface area (Å²) in [4.78, 5) is 53.7. The van der Waals surface area contributed by atoms with E-state index in [1.165, 1.54) is 0 Å². The quantitative estimate of drug-likeness (QED) is 0.0558. The van der Waals surface area contributed by atoms with Crippen LogP contribution in [0, 0.1) is 0 Å². The molecule has 14 N–H and O–H groups in total. The average Bonchev–Trinajstić information content (AvgIpc) is 3.47. The Bertz CT molecular complexity index is 1850. The number of nitrogens with zero attached hydrogens (tertiary/aromatic N) is 2. The van der Waals surface area contributed by atoms with Gasteiger partial charge < -0.3 is 49.6 Å². The Morgan fingerprint density at radius 3 is 1.91 bits per heavy atom. The molecule has 0 saturated carbocycles. The first-order valence-electron chi connectivity index (χ1n) is 19.5. The maximum atomic E-state index is 14.5. The van der Waals surface area contributed by atoms with E-state index in [-0.39, 0.29) is 54.0 Å². The van der Waals surface area contributed by atoms with Crippen molar-refractivity contribution in [2.75, 3.05) is 19.6 Å². The molecule has 56 heavy (non-hydrogen) atoms. The molecule has 14 nitrogen and oxygen atoms in total. The van der Waals surface area contributed by atoms with Crippen LogP contribution in [0.3, 0.4) is 0 Å². The van der Waals surface area contributed by atoms with Crippen LogP contribution in [0.4, 0.5) is 0 Å². The number of aliphatic imine (C=N–C) groups is 2. The van der Waals surface area contributed by atoms with Gasteiger partial charge >= 0.3 is 0 Å². The van der Waals surface area contributed by atoms with E-state index in [0.29, 0.717) is 25.9 Å². The van der Waals surface area contributed by atoms with Gasteiger partial charge in [-0.1, -0.05) is 98.7 Å². The van der Waals surface area contributed by atoms with Gasteiger partial charge in [-0.05, 0) is 64.8 Å². The molecule has 1 heterocycles. The first-order chi connectivity index (χ1) is 26.0. The molecule has 3 unspecified atom stereocenters. The number of aromatic nitrogens is 1. The minimum absolute atomic E-state index is 0.0455. The zero-order chi connectivity index (χ0) is 42.0. The lowest BCUT2D eigenvalue weighted by atomic mass is 9.78. The molecule has 1 aromatic heterocycles. The zero-order valence-electron chi connectivity index (χ0n) is 34.9. The number of hydrogen-bond donors (Lipinski definition) is 9. The van der Waals surface area contributed by atoms with Crippen molar-refractivity contribution in [1.82, 2.24) is 20.9 Å². The van der Waals surface area contributed by atoms with Crippen molar-refractivity contribution in [3.05, 3.63) is 70.4 Å². The third-order valence-electron chi connectivity index (χ3n) is 9.69. The van der Waals surface area contributed by atoms with Gasteiger partial charge in [0.15, 0.2) is 11.9 Å². The molecular formula is C42H67N11O3. The monoisotopic (exact) mass is 774 g/mol. The molecule has 3 aromatic rings. The number of benzene rings is 2. The second-order valence-electron chi connectivity index (χ2n) is 17.7. The largest absolute Gasteiger partial charge is 0.370 e. The van der Waals surface area contributed by atoms with E-state index in [4.69, 9.17) is 28.7 Å². The number of H-pyrrole nitrogens is 1. The topological polar surface area (TPSA) is 258 Å². The van der Waals surface area contributed by atoms with Gasteiger partial charge in [0, 0.05) is 48.1 Å². The van der Waals surface area contributed by atoms with Crippen LogP contribution in [-0.4, -0.2) is 72.4 Å². The minimum atomic E-state index is -1.11. The summed E-state index contributed by atoms with van der Waals surface area (Å²) >= 11 is 0. The number of carbonyl (C=O) groups is 3. The van der Waals surface area contributed by atoms with Crippen molar-refractivity contribution < 1.29 is 14.4 Å². The van der Waals surface area contributed by atoms with E-state index in [1.54, 1.807) is 0 Å². The fraction of sp³-hybridized carbons (Fsp3) is 0.548. The number of amides is 3. The standard InChI is InChI=1S/C42H67N11O3/c1-40(2,3)26-22-27-28(34(42(7,8)9)53-33(27)29(23-26)41(4,5)6)24-32(52-35(54)30(43)16-13-19-49-38(44)45)37(56)51-31(18-21-50-39(46)47)36(55)48-20-17-25-14-11-10-12-15-25/h10-12,14-15,22-23,30-32,53H,13,16-21,24,43H2,1-9H3,(H,48,55)(H,51,56)(H,52,54)(H4,44,45,49)(H4,46,47,50). The van der Waals surface area contributed by atoms with E-state index in [2.05, 4.69) is 105 Å². The number of guanidine groups is 2. The summed E-state index contributed by atoms with van der Waals surface area (Å²) in [6.07, 6.45) is 1.59. The van der Waals surface area contributed by atoms with Crippen LogP contribution in [0.1, 0.15) is 110 Å². The molecule has 0 aliphatic rings.